The second-order valence-corrected chi connectivity index (χ2v) is 2.35. The van der Waals surface area contributed by atoms with Crippen LogP contribution in [0.4, 0.5) is 10.1 Å². The van der Waals surface area contributed by atoms with E-state index in [-0.39, 0.29) is 5.82 Å². The fraction of sp³-hybridized carbons (Fsp3) is 0.143. The smallest absolute Gasteiger partial charge is 0.146 e. The molecule has 0 fully saturated rings. The lowest BCUT2D eigenvalue weighted by Crippen LogP contribution is -1.95. The molecule has 0 spiro atoms. The monoisotopic (exact) mass is 203 g/mol. The third-order valence-electron chi connectivity index (χ3n) is 1.13. The quantitative estimate of drug-likeness (QED) is 0.576. The maximum absolute atomic E-state index is 12.7. The highest BCUT2D eigenvalue weighted by atomic mass is 79.9. The molecule has 0 saturated heterocycles. The zero-order valence-corrected chi connectivity index (χ0v) is 6.86. The number of nitrogens with one attached hydrogen (secondary N) is 1. The average Bonchev–Trinajstić information content (AvgIpc) is 1.94. The van der Waals surface area contributed by atoms with Gasteiger partial charge in [0.1, 0.15) is 5.82 Å². The zero-order valence-electron chi connectivity index (χ0n) is 5.27. The van der Waals surface area contributed by atoms with E-state index in [1.807, 2.05) is 0 Å². The first-order valence-corrected chi connectivity index (χ1v) is 4.01. The summed E-state index contributed by atoms with van der Waals surface area (Å²) in [5.74, 6) is -0.220. The van der Waals surface area contributed by atoms with Gasteiger partial charge in [-0.05, 0) is 12.1 Å². The topological polar surface area (TPSA) is 12.0 Å². The van der Waals surface area contributed by atoms with Gasteiger partial charge in [-0.25, -0.2) is 4.39 Å². The average molecular weight is 204 g/mol. The molecule has 1 N–H and O–H groups in total. The molecule has 3 heteroatoms. The normalized spacial score (nSPS) is 9.40. The Kier molecular flexibility index (Phi) is 2.68. The van der Waals surface area contributed by atoms with Gasteiger partial charge >= 0.3 is 0 Å². The van der Waals surface area contributed by atoms with Crippen LogP contribution >= 0.6 is 15.9 Å². The highest BCUT2D eigenvalue weighted by Gasteiger charge is 1.95. The molecule has 0 aromatic heterocycles. The van der Waals surface area contributed by atoms with Crippen molar-refractivity contribution in [1.82, 2.24) is 0 Å². The van der Waals surface area contributed by atoms with E-state index < -0.39 is 0 Å². The minimum absolute atomic E-state index is 0.220. The van der Waals surface area contributed by atoms with Gasteiger partial charge < -0.3 is 5.32 Å². The molecular weight excluding hydrogens is 197 g/mol. The molecule has 0 heterocycles. The van der Waals surface area contributed by atoms with Gasteiger partial charge in [-0.3, -0.25) is 0 Å². The van der Waals surface area contributed by atoms with Gasteiger partial charge in [0.05, 0.1) is 11.1 Å². The minimum atomic E-state index is -0.220. The van der Waals surface area contributed by atoms with Crippen molar-refractivity contribution in [2.75, 3.05) is 10.8 Å². The molecule has 0 atom stereocenters. The molecule has 0 unspecified atom stereocenters. The van der Waals surface area contributed by atoms with E-state index >= 15 is 0 Å². The van der Waals surface area contributed by atoms with Crippen LogP contribution in [-0.2, 0) is 0 Å². The third-order valence-corrected chi connectivity index (χ3v) is 1.41. The Morgan fingerprint density at radius 2 is 2.10 bits per heavy atom. The second-order valence-electron chi connectivity index (χ2n) is 1.79. The lowest BCUT2D eigenvalue weighted by molar-refractivity contribution is 0.631. The van der Waals surface area contributed by atoms with Crippen LogP contribution in [0, 0.1) is 5.82 Å². The first kappa shape index (κ1) is 7.54. The largest absolute Gasteiger partial charge is 0.373 e. The summed E-state index contributed by atoms with van der Waals surface area (Å²) in [6, 6.07) is 6.56. The number of anilines is 1. The summed E-state index contributed by atoms with van der Waals surface area (Å²) in [4.78, 5) is 0. The van der Waals surface area contributed by atoms with Crippen LogP contribution in [0.2, 0.25) is 0 Å². The number of benzene rings is 1. The highest BCUT2D eigenvalue weighted by Crippen LogP contribution is 2.11. The van der Waals surface area contributed by atoms with Gasteiger partial charge in [-0.2, -0.15) is 0 Å². The predicted octanol–water partition coefficient (Wildman–Crippen LogP) is 2.59. The second kappa shape index (κ2) is 3.56. The molecule has 1 aromatic rings. The first-order chi connectivity index (χ1) is 4.84. The van der Waals surface area contributed by atoms with Crippen molar-refractivity contribution in [3.63, 3.8) is 0 Å². The Morgan fingerprint density at radius 3 is 2.70 bits per heavy atom. The molecule has 0 aliphatic carbocycles. The number of hydrogen-bond acceptors (Lipinski definition) is 1. The first-order valence-electron chi connectivity index (χ1n) is 2.89. The van der Waals surface area contributed by atoms with Gasteiger partial charge in [0, 0.05) is 0 Å². The highest BCUT2D eigenvalue weighted by molar-refractivity contribution is 9.09. The standard InChI is InChI=1S/C7H7BrFN/c8-5-10-7-4-2-1-3-6(7)9/h1-4,10H,5H2. The maximum Gasteiger partial charge on any atom is 0.146 e. The molecule has 0 bridgehead atoms. The van der Waals surface area contributed by atoms with Gasteiger partial charge in [0.25, 0.3) is 0 Å². The minimum Gasteiger partial charge on any atom is -0.373 e. The number of alkyl halides is 1. The van der Waals surface area contributed by atoms with Crippen molar-refractivity contribution in [3.05, 3.63) is 30.1 Å². The van der Waals surface area contributed by atoms with Crippen LogP contribution in [0.25, 0.3) is 0 Å². The molecule has 10 heavy (non-hydrogen) atoms. The summed E-state index contributed by atoms with van der Waals surface area (Å²) in [6.07, 6.45) is 0. The van der Waals surface area contributed by atoms with Crippen LogP contribution < -0.4 is 5.32 Å². The molecular formula is C7H7BrFN. The Morgan fingerprint density at radius 1 is 1.40 bits per heavy atom. The van der Waals surface area contributed by atoms with Crippen LogP contribution in [0.15, 0.2) is 24.3 Å². The van der Waals surface area contributed by atoms with Crippen molar-refractivity contribution in [2.24, 2.45) is 0 Å². The molecule has 1 nitrogen and oxygen atoms in total. The van der Waals surface area contributed by atoms with Crippen molar-refractivity contribution in [3.8, 4) is 0 Å². The van der Waals surface area contributed by atoms with Crippen LogP contribution in [-0.4, -0.2) is 5.45 Å². The molecule has 1 rings (SSSR count). The Labute approximate surface area is 67.4 Å². The van der Waals surface area contributed by atoms with E-state index in [0.29, 0.717) is 11.1 Å². The van der Waals surface area contributed by atoms with Crippen LogP contribution in [0.1, 0.15) is 0 Å². The molecule has 1 aromatic carbocycles. The van der Waals surface area contributed by atoms with Gasteiger partial charge in [-0.15, -0.1) is 0 Å². The van der Waals surface area contributed by atoms with Gasteiger partial charge in [0.15, 0.2) is 0 Å². The van der Waals surface area contributed by atoms with Crippen molar-refractivity contribution in [2.45, 2.75) is 0 Å². The van der Waals surface area contributed by atoms with E-state index in [9.17, 15) is 4.39 Å². The summed E-state index contributed by atoms with van der Waals surface area (Å²) in [6.45, 7) is 0. The number of hydrogen-bond donors (Lipinski definition) is 1. The lowest BCUT2D eigenvalue weighted by Gasteiger charge is -2.01. The molecule has 54 valence electrons. The molecule has 0 aliphatic rings. The fourth-order valence-electron chi connectivity index (χ4n) is 0.677. The summed E-state index contributed by atoms with van der Waals surface area (Å²) in [7, 11) is 0. The number of halogens is 2. The summed E-state index contributed by atoms with van der Waals surface area (Å²) < 4.78 is 12.7. The summed E-state index contributed by atoms with van der Waals surface area (Å²) >= 11 is 3.14. The maximum atomic E-state index is 12.7. The third kappa shape index (κ3) is 1.70. The lowest BCUT2D eigenvalue weighted by atomic mass is 10.3. The van der Waals surface area contributed by atoms with Crippen molar-refractivity contribution in [1.29, 1.82) is 0 Å². The molecule has 0 saturated carbocycles. The summed E-state index contributed by atoms with van der Waals surface area (Å²) in [5, 5.41) is 2.82. The van der Waals surface area contributed by atoms with E-state index in [1.54, 1.807) is 18.2 Å². The van der Waals surface area contributed by atoms with Crippen molar-refractivity contribution < 1.29 is 4.39 Å². The van der Waals surface area contributed by atoms with E-state index in [0.717, 1.165) is 0 Å². The summed E-state index contributed by atoms with van der Waals surface area (Å²) in [5.41, 5.74) is 1.09. The molecule has 0 radical (unpaired) electrons. The van der Waals surface area contributed by atoms with Crippen LogP contribution in [0.5, 0.6) is 0 Å². The number of rotatable bonds is 2. The SMILES string of the molecule is Fc1ccccc1NCBr. The van der Waals surface area contributed by atoms with E-state index in [1.165, 1.54) is 6.07 Å². The van der Waals surface area contributed by atoms with E-state index in [4.69, 9.17) is 0 Å². The Balaban J connectivity index is 2.81. The van der Waals surface area contributed by atoms with E-state index in [2.05, 4.69) is 21.2 Å². The number of para-hydroxylation sites is 1. The zero-order chi connectivity index (χ0) is 7.40. The van der Waals surface area contributed by atoms with Gasteiger partial charge in [-0.1, -0.05) is 28.1 Å². The van der Waals surface area contributed by atoms with Crippen LogP contribution in [0.3, 0.4) is 0 Å². The molecule has 0 aliphatic heterocycles. The predicted molar refractivity (Wildman–Crippen MR) is 43.8 cm³/mol. The fourth-order valence-corrected chi connectivity index (χ4v) is 0.979. The Hall–Kier alpha value is -0.570. The Bertz CT molecular complexity index is 215. The molecule has 0 amide bonds. The van der Waals surface area contributed by atoms with Gasteiger partial charge in [0.2, 0.25) is 0 Å². The van der Waals surface area contributed by atoms with Crippen molar-refractivity contribution >= 4 is 21.6 Å².